The van der Waals surface area contributed by atoms with Gasteiger partial charge in [0.15, 0.2) is 0 Å². The molecule has 90 valence electrons. The predicted octanol–water partition coefficient (Wildman–Crippen LogP) is 0.505. The van der Waals surface area contributed by atoms with E-state index in [4.69, 9.17) is 5.11 Å². The monoisotopic (exact) mass is 252 g/mol. The maximum Gasteiger partial charge on any atom is 0.241 e. The highest BCUT2D eigenvalue weighted by Gasteiger charge is 2.15. The fourth-order valence-corrected chi connectivity index (χ4v) is 2.83. The van der Waals surface area contributed by atoms with E-state index in [9.17, 15) is 8.42 Å². The number of aliphatic hydroxyl groups excluding tert-OH is 1. The first-order valence-corrected chi connectivity index (χ1v) is 6.57. The van der Waals surface area contributed by atoms with Crippen molar-refractivity contribution in [1.29, 1.82) is 0 Å². The number of rotatable bonds is 4. The zero-order chi connectivity index (χ0) is 12.3. The van der Waals surface area contributed by atoms with Crippen molar-refractivity contribution >= 4 is 20.8 Å². The Balaban J connectivity index is 2.55. The molecule has 0 fully saturated rings. The first-order chi connectivity index (χ1) is 8.15. The van der Waals surface area contributed by atoms with Crippen molar-refractivity contribution in [3.05, 3.63) is 36.7 Å². The largest absolute Gasteiger partial charge is 0.395 e. The Hall–Kier alpha value is -1.50. The van der Waals surface area contributed by atoms with E-state index in [1.54, 1.807) is 30.6 Å². The Morgan fingerprint density at radius 3 is 2.88 bits per heavy atom. The van der Waals surface area contributed by atoms with E-state index >= 15 is 0 Å². The van der Waals surface area contributed by atoms with Crippen molar-refractivity contribution in [2.24, 2.45) is 0 Å². The highest BCUT2D eigenvalue weighted by Crippen LogP contribution is 2.21. The van der Waals surface area contributed by atoms with Crippen molar-refractivity contribution in [2.75, 3.05) is 13.2 Å². The fraction of sp³-hybridized carbons (Fsp3) is 0.182. The zero-order valence-corrected chi connectivity index (χ0v) is 9.81. The van der Waals surface area contributed by atoms with Crippen LogP contribution in [0, 0.1) is 0 Å². The summed E-state index contributed by atoms with van der Waals surface area (Å²) in [7, 11) is -3.59. The summed E-state index contributed by atoms with van der Waals surface area (Å²) in [6, 6.07) is 6.65. The van der Waals surface area contributed by atoms with Gasteiger partial charge < -0.3 is 5.11 Å². The van der Waals surface area contributed by atoms with Gasteiger partial charge >= 0.3 is 0 Å². The molecule has 17 heavy (non-hydrogen) atoms. The maximum atomic E-state index is 12.0. The third-order valence-corrected chi connectivity index (χ3v) is 3.85. The molecule has 0 saturated carbocycles. The smallest absolute Gasteiger partial charge is 0.241 e. The number of nitrogens with zero attached hydrogens (tertiary/aromatic N) is 1. The lowest BCUT2D eigenvalue weighted by Crippen LogP contribution is -2.26. The van der Waals surface area contributed by atoms with Gasteiger partial charge in [0.1, 0.15) is 0 Å². The lowest BCUT2D eigenvalue weighted by Gasteiger charge is -2.08. The molecule has 0 atom stereocenters. The molecule has 2 aromatic rings. The standard InChI is InChI=1S/C11H12N2O3S/c14-7-6-13-17(15,16)11-3-1-2-9-8-12-5-4-10(9)11/h1-5,8,13-14H,6-7H2. The minimum absolute atomic E-state index is 0.00377. The molecule has 1 aromatic carbocycles. The number of aliphatic hydroxyl groups is 1. The quantitative estimate of drug-likeness (QED) is 0.830. The van der Waals surface area contributed by atoms with Crippen LogP contribution in [0.5, 0.6) is 0 Å². The lowest BCUT2D eigenvalue weighted by atomic mass is 10.2. The normalized spacial score (nSPS) is 11.8. The average molecular weight is 252 g/mol. The van der Waals surface area contributed by atoms with Gasteiger partial charge in [0.05, 0.1) is 11.5 Å². The van der Waals surface area contributed by atoms with Crippen LogP contribution in [-0.4, -0.2) is 31.7 Å². The number of benzene rings is 1. The molecule has 0 spiro atoms. The van der Waals surface area contributed by atoms with E-state index in [0.717, 1.165) is 5.39 Å². The topological polar surface area (TPSA) is 79.3 Å². The van der Waals surface area contributed by atoms with E-state index in [0.29, 0.717) is 5.39 Å². The molecule has 0 aliphatic rings. The molecule has 1 heterocycles. The van der Waals surface area contributed by atoms with Crippen LogP contribution >= 0.6 is 0 Å². The summed E-state index contributed by atoms with van der Waals surface area (Å²) in [5.41, 5.74) is 0. The Morgan fingerprint density at radius 1 is 1.29 bits per heavy atom. The average Bonchev–Trinajstić information content (AvgIpc) is 2.36. The summed E-state index contributed by atoms with van der Waals surface area (Å²) in [6.45, 7) is -0.227. The van der Waals surface area contributed by atoms with Crippen LogP contribution in [0.25, 0.3) is 10.8 Å². The van der Waals surface area contributed by atoms with Gasteiger partial charge in [0.25, 0.3) is 0 Å². The van der Waals surface area contributed by atoms with Crippen LogP contribution in [0.2, 0.25) is 0 Å². The van der Waals surface area contributed by atoms with Crippen LogP contribution in [0.15, 0.2) is 41.6 Å². The molecule has 5 nitrogen and oxygen atoms in total. The van der Waals surface area contributed by atoms with Gasteiger partial charge in [0, 0.05) is 29.7 Å². The second kappa shape index (κ2) is 4.79. The van der Waals surface area contributed by atoms with Gasteiger partial charge in [-0.3, -0.25) is 4.98 Å². The number of nitrogens with one attached hydrogen (secondary N) is 1. The minimum atomic E-state index is -3.59. The molecule has 0 aliphatic heterocycles. The molecule has 0 amide bonds. The van der Waals surface area contributed by atoms with E-state index < -0.39 is 10.0 Å². The SMILES string of the molecule is O=S(=O)(NCCO)c1cccc2cnccc12. The maximum absolute atomic E-state index is 12.0. The Labute approximate surface area is 99.2 Å². The number of sulfonamides is 1. The van der Waals surface area contributed by atoms with Crippen LogP contribution in [0.3, 0.4) is 0 Å². The van der Waals surface area contributed by atoms with Crippen LogP contribution in [-0.2, 0) is 10.0 Å². The molecule has 2 rings (SSSR count). The molecular weight excluding hydrogens is 240 g/mol. The van der Waals surface area contributed by atoms with E-state index in [-0.39, 0.29) is 18.0 Å². The number of fused-ring (bicyclic) bond motifs is 1. The molecule has 1 aromatic heterocycles. The number of aromatic nitrogens is 1. The van der Waals surface area contributed by atoms with Gasteiger partial charge in [-0.25, -0.2) is 13.1 Å². The molecule has 0 aliphatic carbocycles. The van der Waals surface area contributed by atoms with Crippen molar-refractivity contribution in [3.8, 4) is 0 Å². The van der Waals surface area contributed by atoms with E-state index in [1.165, 1.54) is 6.07 Å². The Bertz CT molecular complexity index is 620. The van der Waals surface area contributed by atoms with E-state index in [2.05, 4.69) is 9.71 Å². The summed E-state index contributed by atoms with van der Waals surface area (Å²) in [5.74, 6) is 0. The second-order valence-corrected chi connectivity index (χ2v) is 5.21. The molecular formula is C11H12N2O3S. The fourth-order valence-electron chi connectivity index (χ4n) is 1.58. The van der Waals surface area contributed by atoms with Gasteiger partial charge in [0.2, 0.25) is 10.0 Å². The highest BCUT2D eigenvalue weighted by molar-refractivity contribution is 7.89. The number of hydrogen-bond acceptors (Lipinski definition) is 4. The molecule has 0 saturated heterocycles. The lowest BCUT2D eigenvalue weighted by molar-refractivity contribution is 0.301. The first kappa shape index (κ1) is 12.0. The van der Waals surface area contributed by atoms with Crippen LogP contribution < -0.4 is 4.72 Å². The van der Waals surface area contributed by atoms with Crippen molar-refractivity contribution in [2.45, 2.75) is 4.90 Å². The van der Waals surface area contributed by atoms with Gasteiger partial charge in [-0.2, -0.15) is 0 Å². The van der Waals surface area contributed by atoms with Crippen molar-refractivity contribution in [3.63, 3.8) is 0 Å². The van der Waals surface area contributed by atoms with E-state index in [1.807, 2.05) is 0 Å². The third-order valence-electron chi connectivity index (χ3n) is 2.33. The summed E-state index contributed by atoms with van der Waals surface area (Å²) in [4.78, 5) is 4.14. The summed E-state index contributed by atoms with van der Waals surface area (Å²) in [5, 5.41) is 10.0. The van der Waals surface area contributed by atoms with Crippen molar-refractivity contribution < 1.29 is 13.5 Å². The molecule has 0 unspecified atom stereocenters. The predicted molar refractivity (Wildman–Crippen MR) is 64.0 cm³/mol. The third kappa shape index (κ3) is 2.44. The van der Waals surface area contributed by atoms with Crippen molar-refractivity contribution in [1.82, 2.24) is 9.71 Å². The van der Waals surface area contributed by atoms with Gasteiger partial charge in [-0.1, -0.05) is 12.1 Å². The summed E-state index contributed by atoms with van der Waals surface area (Å²) in [6.07, 6.45) is 3.16. The Kier molecular flexibility index (Phi) is 3.37. The molecule has 0 bridgehead atoms. The van der Waals surface area contributed by atoms with Crippen LogP contribution in [0.1, 0.15) is 0 Å². The summed E-state index contributed by atoms with van der Waals surface area (Å²) < 4.78 is 26.2. The number of pyridine rings is 1. The minimum Gasteiger partial charge on any atom is -0.395 e. The highest BCUT2D eigenvalue weighted by atomic mass is 32.2. The van der Waals surface area contributed by atoms with Crippen LogP contribution in [0.4, 0.5) is 0 Å². The molecule has 6 heteroatoms. The first-order valence-electron chi connectivity index (χ1n) is 5.08. The molecule has 0 radical (unpaired) electrons. The number of hydrogen-bond donors (Lipinski definition) is 2. The van der Waals surface area contributed by atoms with Gasteiger partial charge in [-0.05, 0) is 12.1 Å². The Morgan fingerprint density at radius 2 is 2.12 bits per heavy atom. The second-order valence-electron chi connectivity index (χ2n) is 3.47. The molecule has 2 N–H and O–H groups in total. The van der Waals surface area contributed by atoms with Gasteiger partial charge in [-0.15, -0.1) is 0 Å². The summed E-state index contributed by atoms with van der Waals surface area (Å²) >= 11 is 0. The zero-order valence-electron chi connectivity index (χ0n) is 9.00.